The number of nitrogens with two attached hydrogens (primary N) is 1. The van der Waals surface area contributed by atoms with Crippen molar-refractivity contribution in [1.82, 2.24) is 24.9 Å². The van der Waals surface area contributed by atoms with Crippen LogP contribution in [0.4, 0.5) is 11.8 Å². The lowest BCUT2D eigenvalue weighted by Gasteiger charge is -2.25. The van der Waals surface area contributed by atoms with Crippen LogP contribution in [0.5, 0.6) is 0 Å². The molecule has 3 aromatic heterocycles. The number of imidazole rings is 1. The maximum absolute atomic E-state index is 5.74. The van der Waals surface area contributed by atoms with Crippen LogP contribution in [0.3, 0.4) is 0 Å². The van der Waals surface area contributed by atoms with Gasteiger partial charge in [-0.05, 0) is 19.1 Å². The van der Waals surface area contributed by atoms with Crippen LogP contribution in [0.15, 0.2) is 30.7 Å². The fourth-order valence-corrected chi connectivity index (χ4v) is 2.09. The minimum atomic E-state index is 0.0528. The molecule has 0 saturated heterocycles. The third-order valence-corrected chi connectivity index (χ3v) is 3.31. The van der Waals surface area contributed by atoms with Crippen LogP contribution in [0.2, 0.25) is 0 Å². The Morgan fingerprint density at radius 3 is 2.85 bits per heavy atom. The Morgan fingerprint density at radius 2 is 2.10 bits per heavy atom. The van der Waals surface area contributed by atoms with Gasteiger partial charge in [0.05, 0.1) is 18.1 Å². The van der Waals surface area contributed by atoms with E-state index < -0.39 is 0 Å². The molecule has 3 aromatic rings. The molecule has 0 bridgehead atoms. The van der Waals surface area contributed by atoms with Gasteiger partial charge in [-0.2, -0.15) is 9.97 Å². The summed E-state index contributed by atoms with van der Waals surface area (Å²) < 4.78 is 0. The maximum Gasteiger partial charge on any atom is 0.224 e. The lowest BCUT2D eigenvalue weighted by atomic mass is 10.2. The third kappa shape index (κ3) is 2.03. The van der Waals surface area contributed by atoms with Crippen molar-refractivity contribution in [3.63, 3.8) is 0 Å². The van der Waals surface area contributed by atoms with Crippen molar-refractivity contribution in [2.24, 2.45) is 0 Å². The van der Waals surface area contributed by atoms with Gasteiger partial charge < -0.3 is 15.6 Å². The average molecular weight is 269 g/mol. The highest BCUT2D eigenvalue weighted by Gasteiger charge is 2.19. The molecule has 0 unspecified atom stereocenters. The monoisotopic (exact) mass is 269 g/mol. The van der Waals surface area contributed by atoms with Gasteiger partial charge >= 0.3 is 0 Å². The molecule has 3 N–H and O–H groups in total. The predicted octanol–water partition coefficient (Wildman–Crippen LogP) is 1.53. The number of aromatic amines is 1. The number of nitrogen functional groups attached to an aromatic ring is 1. The molecule has 7 heteroatoms. The van der Waals surface area contributed by atoms with Crippen LogP contribution in [0, 0.1) is 0 Å². The highest BCUT2D eigenvalue weighted by Crippen LogP contribution is 2.27. The van der Waals surface area contributed by atoms with E-state index in [-0.39, 0.29) is 12.0 Å². The standard InChI is InChI=1S/C13H15N7/c1-8(9-5-3-4-6-15-9)20(2)12-10-11(17-7-16-10)18-13(14)19-12/h3-8H,1-2H3,(H3,14,16,17,18,19)/t8-/m1/s1. The highest BCUT2D eigenvalue weighted by atomic mass is 15.2. The summed E-state index contributed by atoms with van der Waals surface area (Å²) in [5.74, 6) is 0.919. The molecule has 0 aliphatic heterocycles. The van der Waals surface area contributed by atoms with Crippen LogP contribution < -0.4 is 10.6 Å². The van der Waals surface area contributed by atoms with Crippen LogP contribution in [-0.2, 0) is 0 Å². The molecule has 7 nitrogen and oxygen atoms in total. The van der Waals surface area contributed by atoms with Crippen LogP contribution in [-0.4, -0.2) is 32.0 Å². The van der Waals surface area contributed by atoms with Crippen molar-refractivity contribution in [3.05, 3.63) is 36.4 Å². The number of aromatic nitrogens is 5. The zero-order valence-corrected chi connectivity index (χ0v) is 11.3. The molecule has 0 amide bonds. The van der Waals surface area contributed by atoms with Crippen molar-refractivity contribution in [2.75, 3.05) is 17.7 Å². The van der Waals surface area contributed by atoms with Gasteiger partial charge in [0.2, 0.25) is 5.95 Å². The zero-order chi connectivity index (χ0) is 14.1. The summed E-state index contributed by atoms with van der Waals surface area (Å²) in [6.07, 6.45) is 3.36. The molecule has 102 valence electrons. The van der Waals surface area contributed by atoms with E-state index in [1.165, 1.54) is 0 Å². The third-order valence-electron chi connectivity index (χ3n) is 3.31. The Balaban J connectivity index is 2.04. The fourth-order valence-electron chi connectivity index (χ4n) is 2.09. The first-order valence-corrected chi connectivity index (χ1v) is 6.27. The molecule has 0 aliphatic carbocycles. The van der Waals surface area contributed by atoms with Crippen LogP contribution in [0.1, 0.15) is 18.7 Å². The Bertz CT molecular complexity index is 722. The number of H-pyrrole nitrogens is 1. The molecule has 0 radical (unpaired) electrons. The number of nitrogens with zero attached hydrogens (tertiary/aromatic N) is 5. The molecule has 0 saturated carbocycles. The average Bonchev–Trinajstić information content (AvgIpc) is 2.94. The minimum absolute atomic E-state index is 0.0528. The second-order valence-electron chi connectivity index (χ2n) is 4.55. The summed E-state index contributed by atoms with van der Waals surface area (Å²) in [4.78, 5) is 22.0. The molecule has 20 heavy (non-hydrogen) atoms. The van der Waals surface area contributed by atoms with Crippen LogP contribution in [0.25, 0.3) is 11.2 Å². The predicted molar refractivity (Wildman–Crippen MR) is 77.2 cm³/mol. The molecule has 0 spiro atoms. The number of nitrogens with one attached hydrogen (secondary N) is 1. The topological polar surface area (TPSA) is 96.6 Å². The molecule has 0 fully saturated rings. The molecule has 0 aliphatic rings. The minimum Gasteiger partial charge on any atom is -0.368 e. The summed E-state index contributed by atoms with van der Waals surface area (Å²) in [6, 6.07) is 5.89. The van der Waals surface area contributed by atoms with E-state index in [1.54, 1.807) is 12.5 Å². The van der Waals surface area contributed by atoms with Gasteiger partial charge in [-0.15, -0.1) is 0 Å². The van der Waals surface area contributed by atoms with E-state index in [2.05, 4.69) is 31.8 Å². The summed E-state index contributed by atoms with van der Waals surface area (Å²) in [7, 11) is 1.95. The number of fused-ring (bicyclic) bond motifs is 1. The van der Waals surface area contributed by atoms with E-state index in [4.69, 9.17) is 5.73 Å². The van der Waals surface area contributed by atoms with E-state index >= 15 is 0 Å². The molecular formula is C13H15N7. The molecule has 0 aromatic carbocycles. The summed E-state index contributed by atoms with van der Waals surface area (Å²) >= 11 is 0. The number of rotatable bonds is 3. The first-order valence-electron chi connectivity index (χ1n) is 6.27. The van der Waals surface area contributed by atoms with Gasteiger partial charge in [-0.25, -0.2) is 4.98 Å². The Kier molecular flexibility index (Phi) is 2.94. The lowest BCUT2D eigenvalue weighted by molar-refractivity contribution is 0.707. The van der Waals surface area contributed by atoms with Gasteiger partial charge in [0.15, 0.2) is 11.5 Å². The fraction of sp³-hybridized carbons (Fsp3) is 0.231. The Morgan fingerprint density at radius 1 is 1.25 bits per heavy atom. The van der Waals surface area contributed by atoms with Gasteiger partial charge in [-0.1, -0.05) is 6.07 Å². The van der Waals surface area contributed by atoms with Gasteiger partial charge in [0, 0.05) is 13.2 Å². The van der Waals surface area contributed by atoms with Crippen LogP contribution >= 0.6 is 0 Å². The van der Waals surface area contributed by atoms with E-state index in [1.807, 2.05) is 30.1 Å². The highest BCUT2D eigenvalue weighted by molar-refractivity contribution is 5.84. The molecule has 3 heterocycles. The molecule has 1 atom stereocenters. The number of pyridine rings is 1. The lowest BCUT2D eigenvalue weighted by Crippen LogP contribution is -2.24. The Hall–Kier alpha value is -2.70. The summed E-state index contributed by atoms with van der Waals surface area (Å²) in [6.45, 7) is 2.06. The number of anilines is 2. The van der Waals surface area contributed by atoms with E-state index in [0.717, 1.165) is 11.2 Å². The van der Waals surface area contributed by atoms with Crippen molar-refractivity contribution >= 4 is 22.9 Å². The van der Waals surface area contributed by atoms with Gasteiger partial charge in [0.1, 0.15) is 5.52 Å². The molecular weight excluding hydrogens is 254 g/mol. The van der Waals surface area contributed by atoms with E-state index in [0.29, 0.717) is 11.5 Å². The largest absolute Gasteiger partial charge is 0.368 e. The summed E-state index contributed by atoms with van der Waals surface area (Å²) in [5, 5.41) is 0. The maximum atomic E-state index is 5.74. The smallest absolute Gasteiger partial charge is 0.224 e. The molecule has 3 rings (SSSR count). The van der Waals surface area contributed by atoms with Crippen molar-refractivity contribution in [2.45, 2.75) is 13.0 Å². The number of hydrogen-bond donors (Lipinski definition) is 2. The van der Waals surface area contributed by atoms with Gasteiger partial charge in [0.25, 0.3) is 0 Å². The second kappa shape index (κ2) is 4.76. The zero-order valence-electron chi connectivity index (χ0n) is 11.3. The van der Waals surface area contributed by atoms with Gasteiger partial charge in [-0.3, -0.25) is 4.98 Å². The first-order chi connectivity index (χ1) is 9.66. The van der Waals surface area contributed by atoms with Crippen molar-refractivity contribution < 1.29 is 0 Å². The first kappa shape index (κ1) is 12.3. The van der Waals surface area contributed by atoms with E-state index in [9.17, 15) is 0 Å². The van der Waals surface area contributed by atoms with Crippen molar-refractivity contribution in [3.8, 4) is 0 Å². The SMILES string of the molecule is C[C@H](c1ccccn1)N(C)c1nc(N)nc2nc[nH]c12. The summed E-state index contributed by atoms with van der Waals surface area (Å²) in [5.41, 5.74) is 8.03. The van der Waals surface area contributed by atoms with Crippen molar-refractivity contribution in [1.29, 1.82) is 0 Å². The quantitative estimate of drug-likeness (QED) is 0.748. The Labute approximate surface area is 115 Å². The second-order valence-corrected chi connectivity index (χ2v) is 4.55. The normalized spacial score (nSPS) is 12.5. The number of hydrogen-bond acceptors (Lipinski definition) is 6.